The van der Waals surface area contributed by atoms with Gasteiger partial charge in [0.15, 0.2) is 0 Å². The molecule has 0 unspecified atom stereocenters. The Hall–Kier alpha value is -0.260. The van der Waals surface area contributed by atoms with Gasteiger partial charge >= 0.3 is 0 Å². The summed E-state index contributed by atoms with van der Waals surface area (Å²) in [5, 5.41) is 3.13. The van der Waals surface area contributed by atoms with Crippen LogP contribution in [0.2, 0.25) is 0 Å². The molecular formula is C15H29N3OS. The van der Waals surface area contributed by atoms with Crippen molar-refractivity contribution >= 4 is 17.7 Å². The molecule has 2 fully saturated rings. The molecule has 4 nitrogen and oxygen atoms in total. The van der Waals surface area contributed by atoms with Gasteiger partial charge in [-0.25, -0.2) is 0 Å². The van der Waals surface area contributed by atoms with Gasteiger partial charge in [0.05, 0.1) is 6.04 Å². The number of rotatable bonds is 5. The number of hydrogen-bond acceptors (Lipinski definition) is 4. The average Bonchev–Trinajstić information content (AvgIpc) is 2.95. The Balaban J connectivity index is 1.93. The Morgan fingerprint density at radius 2 is 1.90 bits per heavy atom. The highest BCUT2D eigenvalue weighted by Gasteiger charge is 2.40. The summed E-state index contributed by atoms with van der Waals surface area (Å²) in [5.74, 6) is 2.65. The first-order valence-corrected chi connectivity index (χ1v) is 9.07. The van der Waals surface area contributed by atoms with Crippen LogP contribution in [0.1, 0.15) is 39.5 Å². The lowest BCUT2D eigenvalue weighted by Crippen LogP contribution is -2.58. The minimum Gasteiger partial charge on any atom is -0.353 e. The predicted molar refractivity (Wildman–Crippen MR) is 85.9 cm³/mol. The molecule has 1 saturated carbocycles. The van der Waals surface area contributed by atoms with E-state index in [1.54, 1.807) is 0 Å². The third-order valence-electron chi connectivity index (χ3n) is 4.83. The van der Waals surface area contributed by atoms with Gasteiger partial charge in [-0.05, 0) is 18.8 Å². The second-order valence-corrected chi connectivity index (χ2v) is 7.74. The summed E-state index contributed by atoms with van der Waals surface area (Å²) in [5.41, 5.74) is 6.14. The van der Waals surface area contributed by atoms with Gasteiger partial charge in [0.2, 0.25) is 5.91 Å². The van der Waals surface area contributed by atoms with Crippen molar-refractivity contribution in [3.8, 4) is 0 Å². The fourth-order valence-electron chi connectivity index (χ4n) is 3.35. The lowest BCUT2D eigenvalue weighted by Gasteiger charge is -2.43. The first kappa shape index (κ1) is 16.1. The molecule has 0 spiro atoms. The molecule has 3 N–H and O–H groups in total. The molecule has 1 amide bonds. The van der Waals surface area contributed by atoms with E-state index >= 15 is 0 Å². The van der Waals surface area contributed by atoms with Crippen molar-refractivity contribution in [3.63, 3.8) is 0 Å². The van der Waals surface area contributed by atoms with Crippen molar-refractivity contribution in [2.45, 2.75) is 51.1 Å². The van der Waals surface area contributed by atoms with Gasteiger partial charge in [-0.3, -0.25) is 9.69 Å². The largest absolute Gasteiger partial charge is 0.353 e. The molecule has 20 heavy (non-hydrogen) atoms. The molecule has 5 heteroatoms. The van der Waals surface area contributed by atoms with Crippen LogP contribution in [0, 0.1) is 5.92 Å². The second-order valence-electron chi connectivity index (χ2n) is 6.52. The van der Waals surface area contributed by atoms with Crippen molar-refractivity contribution < 1.29 is 4.79 Å². The summed E-state index contributed by atoms with van der Waals surface area (Å²) < 4.78 is 0. The SMILES string of the molecule is CC(C)[C@H](N)C(=O)NCC1(N2CCSCC2)CCCC1. The monoisotopic (exact) mass is 299 g/mol. The highest BCUT2D eigenvalue weighted by Crippen LogP contribution is 2.36. The fraction of sp³-hybridized carbons (Fsp3) is 0.933. The van der Waals surface area contributed by atoms with Crippen LogP contribution >= 0.6 is 11.8 Å². The summed E-state index contributed by atoms with van der Waals surface area (Å²) in [4.78, 5) is 14.7. The van der Waals surface area contributed by atoms with Crippen LogP contribution in [-0.2, 0) is 4.79 Å². The molecule has 116 valence electrons. The van der Waals surface area contributed by atoms with E-state index in [1.807, 2.05) is 25.6 Å². The maximum atomic E-state index is 12.1. The Labute approximate surface area is 127 Å². The van der Waals surface area contributed by atoms with Crippen LogP contribution in [0.4, 0.5) is 0 Å². The number of carbonyl (C=O) groups excluding carboxylic acids is 1. The maximum absolute atomic E-state index is 12.1. The highest BCUT2D eigenvalue weighted by molar-refractivity contribution is 7.99. The van der Waals surface area contributed by atoms with Crippen molar-refractivity contribution in [1.82, 2.24) is 10.2 Å². The van der Waals surface area contributed by atoms with E-state index in [0.29, 0.717) is 0 Å². The summed E-state index contributed by atoms with van der Waals surface area (Å²) >= 11 is 2.04. The van der Waals surface area contributed by atoms with E-state index in [4.69, 9.17) is 5.73 Å². The van der Waals surface area contributed by atoms with Crippen LogP contribution in [0.25, 0.3) is 0 Å². The second kappa shape index (κ2) is 7.14. The first-order valence-electron chi connectivity index (χ1n) is 7.91. The van der Waals surface area contributed by atoms with Crippen molar-refractivity contribution in [3.05, 3.63) is 0 Å². The average molecular weight is 299 g/mol. The number of nitrogens with two attached hydrogens (primary N) is 1. The molecule has 2 aliphatic rings. The number of carbonyl (C=O) groups is 1. The molecule has 0 aromatic carbocycles. The van der Waals surface area contributed by atoms with Crippen LogP contribution in [0.5, 0.6) is 0 Å². The molecular weight excluding hydrogens is 270 g/mol. The molecule has 1 saturated heterocycles. The van der Waals surface area contributed by atoms with Gasteiger partial charge < -0.3 is 11.1 Å². The normalized spacial score (nSPS) is 24.8. The van der Waals surface area contributed by atoms with Crippen LogP contribution < -0.4 is 11.1 Å². The molecule has 0 aromatic rings. The molecule has 2 rings (SSSR count). The predicted octanol–water partition coefficient (Wildman–Crippen LogP) is 1.45. The summed E-state index contributed by atoms with van der Waals surface area (Å²) in [6, 6.07) is -0.384. The van der Waals surface area contributed by atoms with Crippen molar-refractivity contribution in [2.24, 2.45) is 11.7 Å². The maximum Gasteiger partial charge on any atom is 0.237 e. The smallest absolute Gasteiger partial charge is 0.237 e. The standard InChI is InChI=1S/C15H29N3OS/c1-12(2)13(16)14(19)17-11-15(5-3-4-6-15)18-7-9-20-10-8-18/h12-13H,3-11,16H2,1-2H3,(H,17,19)/t13-/m0/s1. The van der Waals surface area contributed by atoms with E-state index in [2.05, 4.69) is 10.2 Å². The zero-order chi connectivity index (χ0) is 14.6. The molecule has 0 bridgehead atoms. The topological polar surface area (TPSA) is 58.4 Å². The van der Waals surface area contributed by atoms with E-state index in [0.717, 1.165) is 19.6 Å². The molecule has 0 aromatic heterocycles. The van der Waals surface area contributed by atoms with E-state index in [1.165, 1.54) is 37.2 Å². The highest BCUT2D eigenvalue weighted by atomic mass is 32.2. The van der Waals surface area contributed by atoms with E-state index in [-0.39, 0.29) is 23.4 Å². The molecule has 1 aliphatic heterocycles. The number of amides is 1. The van der Waals surface area contributed by atoms with Gasteiger partial charge in [-0.1, -0.05) is 26.7 Å². The van der Waals surface area contributed by atoms with Gasteiger partial charge in [-0.2, -0.15) is 11.8 Å². The lowest BCUT2D eigenvalue weighted by atomic mass is 9.94. The summed E-state index contributed by atoms with van der Waals surface area (Å²) in [7, 11) is 0. The van der Waals surface area contributed by atoms with Gasteiger partial charge in [0.1, 0.15) is 0 Å². The van der Waals surface area contributed by atoms with Gasteiger partial charge in [0.25, 0.3) is 0 Å². The third-order valence-corrected chi connectivity index (χ3v) is 5.77. The van der Waals surface area contributed by atoms with Crippen LogP contribution in [0.15, 0.2) is 0 Å². The zero-order valence-corrected chi connectivity index (χ0v) is 13.7. The third kappa shape index (κ3) is 3.68. The first-order chi connectivity index (χ1) is 9.55. The molecule has 1 atom stereocenters. The summed E-state index contributed by atoms with van der Waals surface area (Å²) in [6.07, 6.45) is 5.01. The quantitative estimate of drug-likeness (QED) is 0.807. The minimum absolute atomic E-state index is 0.0117. The van der Waals surface area contributed by atoms with Crippen molar-refractivity contribution in [1.29, 1.82) is 0 Å². The van der Waals surface area contributed by atoms with Crippen molar-refractivity contribution in [2.75, 3.05) is 31.1 Å². The number of nitrogens with zero attached hydrogens (tertiary/aromatic N) is 1. The number of thioether (sulfide) groups is 1. The zero-order valence-electron chi connectivity index (χ0n) is 12.9. The Morgan fingerprint density at radius 1 is 1.30 bits per heavy atom. The number of hydrogen-bond donors (Lipinski definition) is 2. The van der Waals surface area contributed by atoms with Crippen LogP contribution in [-0.4, -0.2) is 53.5 Å². The molecule has 1 aliphatic carbocycles. The Kier molecular flexibility index (Phi) is 5.75. The summed E-state index contributed by atoms with van der Waals surface area (Å²) in [6.45, 7) is 7.10. The Bertz CT molecular complexity index is 323. The lowest BCUT2D eigenvalue weighted by molar-refractivity contribution is -0.123. The Morgan fingerprint density at radius 3 is 2.45 bits per heavy atom. The van der Waals surface area contributed by atoms with E-state index in [9.17, 15) is 4.79 Å². The molecule has 1 heterocycles. The fourth-order valence-corrected chi connectivity index (χ4v) is 4.25. The van der Waals surface area contributed by atoms with E-state index < -0.39 is 0 Å². The number of nitrogens with one attached hydrogen (secondary N) is 1. The van der Waals surface area contributed by atoms with Gasteiger partial charge in [0, 0.05) is 36.7 Å². The van der Waals surface area contributed by atoms with Gasteiger partial charge in [-0.15, -0.1) is 0 Å². The molecule has 0 radical (unpaired) electrons. The van der Waals surface area contributed by atoms with Crippen LogP contribution in [0.3, 0.4) is 0 Å². The minimum atomic E-state index is -0.384.